The van der Waals surface area contributed by atoms with E-state index in [1.807, 2.05) is 0 Å². The molecule has 3 heteroatoms. The van der Waals surface area contributed by atoms with Crippen LogP contribution in [0.15, 0.2) is 0 Å². The van der Waals surface area contributed by atoms with Crippen LogP contribution in [0.1, 0.15) is 6.92 Å². The lowest BCUT2D eigenvalue weighted by molar-refractivity contribution is -0.115. The van der Waals surface area contributed by atoms with Crippen molar-refractivity contribution in [3.63, 3.8) is 0 Å². The molecule has 0 radical (unpaired) electrons. The number of Topliss-reactive ketones (excluding diaryl/α,β-unsaturated/α-hetero) is 1. The second kappa shape index (κ2) is 2.64. The Bertz CT molecular complexity index is 115. The zero-order valence-corrected chi connectivity index (χ0v) is 4.77. The van der Waals surface area contributed by atoms with E-state index < -0.39 is 5.25 Å². The van der Waals surface area contributed by atoms with Crippen LogP contribution in [-0.2, 0) is 4.79 Å². The Labute approximate surface area is 47.5 Å². The number of thiol groups is 1. The first kappa shape index (κ1) is 6.51. The topological polar surface area (TPSA) is 40.9 Å². The normalized spacial score (nSPS) is 12.1. The Morgan fingerprint density at radius 3 is 2.43 bits per heavy atom. The van der Waals surface area contributed by atoms with Gasteiger partial charge in [-0.1, -0.05) is 0 Å². The maximum atomic E-state index is 10.1. The van der Waals surface area contributed by atoms with Gasteiger partial charge in [0.1, 0.15) is 5.25 Å². The smallest absolute Gasteiger partial charge is 0.156 e. The third kappa shape index (κ3) is 2.24. The SMILES string of the molecule is CC(=O)[C@@H](S)C#N. The van der Waals surface area contributed by atoms with Crippen LogP contribution in [0.3, 0.4) is 0 Å². The first-order valence-corrected chi connectivity index (χ1v) is 2.28. The molecule has 0 saturated carbocycles. The van der Waals surface area contributed by atoms with Crippen molar-refractivity contribution >= 4 is 18.4 Å². The number of rotatable bonds is 1. The molecule has 0 saturated heterocycles. The maximum absolute atomic E-state index is 10.1. The Balaban J connectivity index is 3.63. The highest BCUT2D eigenvalue weighted by atomic mass is 32.1. The van der Waals surface area contributed by atoms with Gasteiger partial charge in [-0.05, 0) is 6.92 Å². The molecule has 0 bridgehead atoms. The van der Waals surface area contributed by atoms with E-state index in [0.29, 0.717) is 0 Å². The summed E-state index contributed by atoms with van der Waals surface area (Å²) in [6, 6.07) is 1.68. The van der Waals surface area contributed by atoms with Gasteiger partial charge in [0, 0.05) is 0 Å². The molecule has 7 heavy (non-hydrogen) atoms. The predicted molar refractivity (Wildman–Crippen MR) is 29.1 cm³/mol. The fraction of sp³-hybridized carbons (Fsp3) is 0.500. The van der Waals surface area contributed by atoms with Gasteiger partial charge in [0.15, 0.2) is 5.78 Å². The first-order valence-electron chi connectivity index (χ1n) is 1.76. The van der Waals surface area contributed by atoms with Gasteiger partial charge in [-0.15, -0.1) is 0 Å². The van der Waals surface area contributed by atoms with Crippen LogP contribution in [0.2, 0.25) is 0 Å². The molecule has 0 aliphatic rings. The van der Waals surface area contributed by atoms with Crippen LogP contribution in [-0.4, -0.2) is 11.0 Å². The van der Waals surface area contributed by atoms with Gasteiger partial charge in [-0.25, -0.2) is 0 Å². The van der Waals surface area contributed by atoms with Crippen LogP contribution < -0.4 is 0 Å². The van der Waals surface area contributed by atoms with Crippen molar-refractivity contribution in [2.75, 3.05) is 0 Å². The van der Waals surface area contributed by atoms with E-state index >= 15 is 0 Å². The molecular formula is C4H5NOS. The summed E-state index contributed by atoms with van der Waals surface area (Å²) in [6.07, 6.45) is 0. The van der Waals surface area contributed by atoms with Crippen LogP contribution in [0.5, 0.6) is 0 Å². The van der Waals surface area contributed by atoms with Crippen LogP contribution >= 0.6 is 12.6 Å². The summed E-state index contributed by atoms with van der Waals surface area (Å²) >= 11 is 3.61. The Morgan fingerprint density at radius 1 is 2.00 bits per heavy atom. The van der Waals surface area contributed by atoms with Crippen molar-refractivity contribution in [2.45, 2.75) is 12.2 Å². The summed E-state index contributed by atoms with van der Waals surface area (Å²) in [5.41, 5.74) is 0. The van der Waals surface area contributed by atoms with Crippen molar-refractivity contribution in [3.05, 3.63) is 0 Å². The summed E-state index contributed by atoms with van der Waals surface area (Å²) in [7, 11) is 0. The fourth-order valence-corrected chi connectivity index (χ4v) is 0.0909. The molecule has 0 N–H and O–H groups in total. The van der Waals surface area contributed by atoms with Gasteiger partial charge in [-0.3, -0.25) is 4.79 Å². The molecule has 0 heterocycles. The van der Waals surface area contributed by atoms with E-state index in [4.69, 9.17) is 5.26 Å². The van der Waals surface area contributed by atoms with Crippen molar-refractivity contribution in [1.29, 1.82) is 5.26 Å². The summed E-state index contributed by atoms with van der Waals surface area (Å²) in [5, 5.41) is 7.22. The average Bonchev–Trinajstić information content (AvgIpc) is 1.65. The third-order valence-corrected chi connectivity index (χ3v) is 0.986. The molecule has 0 aromatic heterocycles. The van der Waals surface area contributed by atoms with Gasteiger partial charge in [0.05, 0.1) is 6.07 Å². The molecule has 0 aromatic carbocycles. The number of ketones is 1. The van der Waals surface area contributed by atoms with E-state index in [1.165, 1.54) is 6.92 Å². The zero-order valence-electron chi connectivity index (χ0n) is 3.88. The Hall–Kier alpha value is -0.490. The highest BCUT2D eigenvalue weighted by Crippen LogP contribution is 1.91. The standard InChI is InChI=1S/C4H5NOS/c1-3(6)4(7)2-5/h4,7H,1H3/t4-/m0/s1. The minimum Gasteiger partial charge on any atom is -0.298 e. The van der Waals surface area contributed by atoms with Gasteiger partial charge < -0.3 is 0 Å². The number of carbonyl (C=O) groups excluding carboxylic acids is 1. The van der Waals surface area contributed by atoms with Crippen molar-refractivity contribution < 1.29 is 4.79 Å². The molecule has 38 valence electrons. The highest BCUT2D eigenvalue weighted by Gasteiger charge is 2.03. The molecule has 2 nitrogen and oxygen atoms in total. The number of hydrogen-bond donors (Lipinski definition) is 1. The van der Waals surface area contributed by atoms with E-state index in [1.54, 1.807) is 6.07 Å². The highest BCUT2D eigenvalue weighted by molar-refractivity contribution is 7.82. The number of nitriles is 1. The largest absolute Gasteiger partial charge is 0.298 e. The molecule has 0 aromatic rings. The van der Waals surface area contributed by atoms with Gasteiger partial charge in [0.2, 0.25) is 0 Å². The quantitative estimate of drug-likeness (QED) is 0.502. The lowest BCUT2D eigenvalue weighted by Gasteiger charge is -1.86. The van der Waals surface area contributed by atoms with Crippen molar-refractivity contribution in [1.82, 2.24) is 0 Å². The van der Waals surface area contributed by atoms with Crippen LogP contribution in [0.25, 0.3) is 0 Å². The van der Waals surface area contributed by atoms with Crippen molar-refractivity contribution in [3.8, 4) is 6.07 Å². The fourth-order valence-electron chi connectivity index (χ4n) is 0.0909. The monoisotopic (exact) mass is 115 g/mol. The number of hydrogen-bond acceptors (Lipinski definition) is 3. The lowest BCUT2D eigenvalue weighted by Crippen LogP contribution is -2.05. The minimum absolute atomic E-state index is 0.203. The Kier molecular flexibility index (Phi) is 2.46. The van der Waals surface area contributed by atoms with E-state index in [-0.39, 0.29) is 5.78 Å². The third-order valence-electron chi connectivity index (χ3n) is 0.507. The number of carbonyl (C=O) groups is 1. The summed E-state index contributed by atoms with van der Waals surface area (Å²) in [5.74, 6) is -0.203. The molecule has 0 fully saturated rings. The molecule has 0 unspecified atom stereocenters. The summed E-state index contributed by atoms with van der Waals surface area (Å²) in [4.78, 5) is 10.1. The first-order chi connectivity index (χ1) is 3.18. The zero-order chi connectivity index (χ0) is 5.86. The molecule has 0 amide bonds. The second-order valence-electron chi connectivity index (χ2n) is 1.14. The van der Waals surface area contributed by atoms with Crippen LogP contribution in [0, 0.1) is 11.3 Å². The minimum atomic E-state index is -0.736. The van der Waals surface area contributed by atoms with Crippen molar-refractivity contribution in [2.24, 2.45) is 0 Å². The van der Waals surface area contributed by atoms with Gasteiger partial charge in [0.25, 0.3) is 0 Å². The molecule has 0 aliphatic heterocycles. The van der Waals surface area contributed by atoms with Gasteiger partial charge in [-0.2, -0.15) is 17.9 Å². The Morgan fingerprint density at radius 2 is 2.43 bits per heavy atom. The average molecular weight is 115 g/mol. The number of nitrogens with zero attached hydrogens (tertiary/aromatic N) is 1. The van der Waals surface area contributed by atoms with E-state index in [9.17, 15) is 4.79 Å². The van der Waals surface area contributed by atoms with E-state index in [2.05, 4.69) is 12.6 Å². The molecule has 0 aliphatic carbocycles. The summed E-state index contributed by atoms with van der Waals surface area (Å²) < 4.78 is 0. The lowest BCUT2D eigenvalue weighted by atomic mass is 10.3. The molecule has 0 spiro atoms. The molecular weight excluding hydrogens is 110 g/mol. The summed E-state index contributed by atoms with van der Waals surface area (Å²) in [6.45, 7) is 1.33. The maximum Gasteiger partial charge on any atom is 0.156 e. The van der Waals surface area contributed by atoms with Gasteiger partial charge >= 0.3 is 0 Å². The second-order valence-corrected chi connectivity index (χ2v) is 1.66. The van der Waals surface area contributed by atoms with Crippen LogP contribution in [0.4, 0.5) is 0 Å². The van der Waals surface area contributed by atoms with E-state index in [0.717, 1.165) is 0 Å². The molecule has 0 rings (SSSR count). The molecule has 1 atom stereocenters. The predicted octanol–water partition coefficient (Wildman–Crippen LogP) is 0.397.